The molecule has 15 heavy (non-hydrogen) atoms. The van der Waals surface area contributed by atoms with Crippen LogP contribution in [0.5, 0.6) is 0 Å². The summed E-state index contributed by atoms with van der Waals surface area (Å²) in [7, 11) is 0. The summed E-state index contributed by atoms with van der Waals surface area (Å²) in [4.78, 5) is 11.0. The van der Waals surface area contributed by atoms with Crippen LogP contribution < -0.4 is 5.32 Å². The highest BCUT2D eigenvalue weighted by molar-refractivity contribution is 7.81. The molecule has 0 spiro atoms. The second-order valence-corrected chi connectivity index (χ2v) is 4.15. The first kappa shape index (κ1) is 12.1. The monoisotopic (exact) mass is 223 g/mol. The van der Waals surface area contributed by atoms with Crippen LogP contribution in [0.3, 0.4) is 0 Å². The molecule has 1 rings (SSSR count). The van der Waals surface area contributed by atoms with Crippen molar-refractivity contribution in [2.24, 2.45) is 0 Å². The molecule has 1 aromatic rings. The fourth-order valence-corrected chi connectivity index (χ4v) is 1.39. The summed E-state index contributed by atoms with van der Waals surface area (Å²) in [5.41, 5.74) is 2.44. The number of carbonyl (C=O) groups is 1. The molecule has 0 heterocycles. The topological polar surface area (TPSA) is 29.1 Å². The summed E-state index contributed by atoms with van der Waals surface area (Å²) in [5.74, 6) is 0.752. The molecule has 1 amide bonds. The van der Waals surface area contributed by atoms with Gasteiger partial charge >= 0.3 is 0 Å². The Bertz CT molecular complexity index is 319. The minimum Gasteiger partial charge on any atom is -0.351 e. The van der Waals surface area contributed by atoms with Crippen molar-refractivity contribution in [1.82, 2.24) is 5.32 Å². The molecule has 0 bridgehead atoms. The standard InChI is InChI=1S/C12H17NOS/c1-9(2)11-5-3-10(4-6-11)7-13-12(14)8-15/h3-6,9,15H,7-8H2,1-2H3,(H,13,14). The Morgan fingerprint density at radius 2 is 1.93 bits per heavy atom. The average molecular weight is 223 g/mol. The lowest BCUT2D eigenvalue weighted by atomic mass is 10.0. The van der Waals surface area contributed by atoms with E-state index >= 15 is 0 Å². The zero-order valence-corrected chi connectivity index (χ0v) is 10.1. The van der Waals surface area contributed by atoms with Gasteiger partial charge in [-0.2, -0.15) is 12.6 Å². The van der Waals surface area contributed by atoms with Crippen LogP contribution in [0.1, 0.15) is 30.9 Å². The molecule has 0 fully saturated rings. The van der Waals surface area contributed by atoms with Crippen molar-refractivity contribution in [1.29, 1.82) is 0 Å². The number of thiol groups is 1. The van der Waals surface area contributed by atoms with Crippen molar-refractivity contribution in [3.63, 3.8) is 0 Å². The first-order valence-electron chi connectivity index (χ1n) is 5.10. The van der Waals surface area contributed by atoms with E-state index in [1.165, 1.54) is 5.56 Å². The molecule has 0 aliphatic heterocycles. The van der Waals surface area contributed by atoms with Gasteiger partial charge in [-0.15, -0.1) is 0 Å². The van der Waals surface area contributed by atoms with Gasteiger partial charge in [0, 0.05) is 6.54 Å². The summed E-state index contributed by atoms with van der Waals surface area (Å²) >= 11 is 3.89. The molecule has 0 saturated carbocycles. The Hall–Kier alpha value is -0.960. The van der Waals surface area contributed by atoms with E-state index in [4.69, 9.17) is 0 Å². The highest BCUT2D eigenvalue weighted by atomic mass is 32.1. The number of hydrogen-bond acceptors (Lipinski definition) is 2. The van der Waals surface area contributed by atoms with Crippen LogP contribution in [0.25, 0.3) is 0 Å². The average Bonchev–Trinajstić information content (AvgIpc) is 2.26. The third-order valence-corrected chi connectivity index (χ3v) is 2.57. The van der Waals surface area contributed by atoms with Gasteiger partial charge in [-0.25, -0.2) is 0 Å². The predicted molar refractivity (Wildman–Crippen MR) is 66.2 cm³/mol. The molecule has 1 aromatic carbocycles. The second kappa shape index (κ2) is 5.81. The quantitative estimate of drug-likeness (QED) is 0.754. The molecule has 3 heteroatoms. The molecule has 82 valence electrons. The second-order valence-electron chi connectivity index (χ2n) is 3.83. The molecule has 0 unspecified atom stereocenters. The maximum Gasteiger partial charge on any atom is 0.229 e. The lowest BCUT2D eigenvalue weighted by Crippen LogP contribution is -2.23. The number of nitrogens with one attached hydrogen (secondary N) is 1. The van der Waals surface area contributed by atoms with Crippen molar-refractivity contribution in [3.05, 3.63) is 35.4 Å². The van der Waals surface area contributed by atoms with Crippen molar-refractivity contribution in [2.75, 3.05) is 5.75 Å². The maximum absolute atomic E-state index is 11.0. The zero-order chi connectivity index (χ0) is 11.3. The fraction of sp³-hybridized carbons (Fsp3) is 0.417. The third kappa shape index (κ3) is 3.96. The molecular formula is C12H17NOS. The van der Waals surface area contributed by atoms with Crippen LogP contribution >= 0.6 is 12.6 Å². The lowest BCUT2D eigenvalue weighted by molar-refractivity contribution is -0.118. The number of amides is 1. The van der Waals surface area contributed by atoms with E-state index in [1.807, 2.05) is 12.1 Å². The summed E-state index contributed by atoms with van der Waals surface area (Å²) in [6.07, 6.45) is 0. The molecule has 0 atom stereocenters. The number of carbonyl (C=O) groups excluding carboxylic acids is 1. The van der Waals surface area contributed by atoms with Gasteiger partial charge in [0.05, 0.1) is 5.75 Å². The summed E-state index contributed by atoms with van der Waals surface area (Å²) in [5, 5.41) is 2.78. The first-order valence-corrected chi connectivity index (χ1v) is 5.73. The Labute approximate surface area is 96.5 Å². The fourth-order valence-electron chi connectivity index (χ4n) is 1.28. The normalized spacial score (nSPS) is 10.4. The van der Waals surface area contributed by atoms with Gasteiger partial charge in [0.15, 0.2) is 0 Å². The van der Waals surface area contributed by atoms with Crippen molar-refractivity contribution in [2.45, 2.75) is 26.3 Å². The van der Waals surface area contributed by atoms with E-state index in [0.717, 1.165) is 5.56 Å². The van der Waals surface area contributed by atoms with Gasteiger partial charge in [-0.3, -0.25) is 4.79 Å². The molecule has 0 aromatic heterocycles. The van der Waals surface area contributed by atoms with Crippen molar-refractivity contribution < 1.29 is 4.79 Å². The SMILES string of the molecule is CC(C)c1ccc(CNC(=O)CS)cc1. The molecule has 1 N–H and O–H groups in total. The van der Waals surface area contributed by atoms with Crippen LogP contribution in [-0.4, -0.2) is 11.7 Å². The summed E-state index contributed by atoms with van der Waals surface area (Å²) < 4.78 is 0. The lowest BCUT2D eigenvalue weighted by Gasteiger charge is -2.07. The number of hydrogen-bond donors (Lipinski definition) is 2. The first-order chi connectivity index (χ1) is 7.13. The van der Waals surface area contributed by atoms with Gasteiger partial charge in [0.2, 0.25) is 5.91 Å². The smallest absolute Gasteiger partial charge is 0.229 e. The van der Waals surface area contributed by atoms with Crippen molar-refractivity contribution in [3.8, 4) is 0 Å². The van der Waals surface area contributed by atoms with Gasteiger partial charge < -0.3 is 5.32 Å². The summed E-state index contributed by atoms with van der Waals surface area (Å²) in [6, 6.07) is 8.31. The zero-order valence-electron chi connectivity index (χ0n) is 9.16. The molecule has 0 aliphatic rings. The minimum atomic E-state index is -0.0359. The van der Waals surface area contributed by atoms with Crippen LogP contribution in [0.2, 0.25) is 0 Å². The largest absolute Gasteiger partial charge is 0.351 e. The van der Waals surface area contributed by atoms with Gasteiger partial charge in [0.25, 0.3) is 0 Å². The maximum atomic E-state index is 11.0. The van der Waals surface area contributed by atoms with E-state index in [2.05, 4.69) is 43.9 Å². The van der Waals surface area contributed by atoms with E-state index in [-0.39, 0.29) is 11.7 Å². The van der Waals surface area contributed by atoms with Crippen molar-refractivity contribution >= 4 is 18.5 Å². The van der Waals surface area contributed by atoms with Crippen LogP contribution in [0.15, 0.2) is 24.3 Å². The Kier molecular flexibility index (Phi) is 4.69. The predicted octanol–water partition coefficient (Wildman–Crippen LogP) is 2.36. The van der Waals surface area contributed by atoms with Crippen LogP contribution in [-0.2, 0) is 11.3 Å². The Morgan fingerprint density at radius 3 is 2.40 bits per heavy atom. The third-order valence-electron chi connectivity index (χ3n) is 2.28. The van der Waals surface area contributed by atoms with Crippen LogP contribution in [0.4, 0.5) is 0 Å². The van der Waals surface area contributed by atoms with E-state index in [1.54, 1.807) is 0 Å². The Balaban J connectivity index is 2.53. The molecule has 2 nitrogen and oxygen atoms in total. The molecule has 0 radical (unpaired) electrons. The molecular weight excluding hydrogens is 206 g/mol. The minimum absolute atomic E-state index is 0.0359. The van der Waals surface area contributed by atoms with Gasteiger partial charge in [-0.1, -0.05) is 38.1 Å². The summed E-state index contributed by atoms with van der Waals surface area (Å²) in [6.45, 7) is 4.91. The molecule has 0 aliphatic carbocycles. The van der Waals surface area contributed by atoms with E-state index in [9.17, 15) is 4.79 Å². The highest BCUT2D eigenvalue weighted by Crippen LogP contribution is 2.14. The number of benzene rings is 1. The Morgan fingerprint density at radius 1 is 1.33 bits per heavy atom. The van der Waals surface area contributed by atoms with Gasteiger partial charge in [0.1, 0.15) is 0 Å². The highest BCUT2D eigenvalue weighted by Gasteiger charge is 2.00. The van der Waals surface area contributed by atoms with E-state index < -0.39 is 0 Å². The van der Waals surface area contributed by atoms with Crippen LogP contribution in [0, 0.1) is 0 Å². The number of rotatable bonds is 4. The molecule has 0 saturated heterocycles. The van der Waals surface area contributed by atoms with E-state index in [0.29, 0.717) is 12.5 Å². The van der Waals surface area contributed by atoms with Gasteiger partial charge in [-0.05, 0) is 17.0 Å².